The highest BCUT2D eigenvalue weighted by molar-refractivity contribution is 8.14. The van der Waals surface area contributed by atoms with Crippen molar-refractivity contribution in [3.05, 3.63) is 0 Å². The molecular weight excluding hydrogens is 258 g/mol. The van der Waals surface area contributed by atoms with Gasteiger partial charge in [0.1, 0.15) is 0 Å². The fourth-order valence-electron chi connectivity index (χ4n) is 2.26. The summed E-state index contributed by atoms with van der Waals surface area (Å²) in [6, 6.07) is 0. The van der Waals surface area contributed by atoms with Crippen molar-refractivity contribution in [3.8, 4) is 0 Å². The monoisotopic (exact) mass is 285 g/mol. The van der Waals surface area contributed by atoms with E-state index >= 15 is 0 Å². The van der Waals surface area contributed by atoms with E-state index in [0.717, 1.165) is 17.6 Å². The summed E-state index contributed by atoms with van der Waals surface area (Å²) in [4.78, 5) is 16.3. The van der Waals surface area contributed by atoms with E-state index in [9.17, 15) is 4.79 Å². The van der Waals surface area contributed by atoms with Gasteiger partial charge in [0, 0.05) is 18.8 Å². The van der Waals surface area contributed by atoms with Crippen molar-refractivity contribution in [2.75, 3.05) is 20.1 Å². The number of rotatable bonds is 6. The van der Waals surface area contributed by atoms with E-state index in [1.165, 1.54) is 12.8 Å². The molecule has 1 aliphatic heterocycles. The SMILES string of the molecule is CCC(CC)C1CN=C(NCC(C)(C)C(=O)NC)S1. The molecule has 0 aromatic carbocycles. The molecule has 0 radical (unpaired) electrons. The van der Waals surface area contributed by atoms with Crippen LogP contribution in [0.15, 0.2) is 4.99 Å². The van der Waals surface area contributed by atoms with Crippen LogP contribution in [0.4, 0.5) is 0 Å². The summed E-state index contributed by atoms with van der Waals surface area (Å²) in [7, 11) is 1.68. The van der Waals surface area contributed by atoms with Crippen LogP contribution in [0.25, 0.3) is 0 Å². The number of hydrogen-bond acceptors (Lipinski definition) is 4. The Morgan fingerprint density at radius 3 is 2.63 bits per heavy atom. The van der Waals surface area contributed by atoms with Crippen LogP contribution in [0.2, 0.25) is 0 Å². The fourth-order valence-corrected chi connectivity index (χ4v) is 3.58. The Hall–Kier alpha value is -0.710. The zero-order valence-electron chi connectivity index (χ0n) is 12.7. The molecule has 0 spiro atoms. The molecular formula is C14H27N3OS. The van der Waals surface area contributed by atoms with Crippen molar-refractivity contribution in [1.29, 1.82) is 0 Å². The van der Waals surface area contributed by atoms with Gasteiger partial charge in [0.25, 0.3) is 0 Å². The first-order valence-electron chi connectivity index (χ1n) is 7.11. The molecule has 0 bridgehead atoms. The Morgan fingerprint density at radius 2 is 2.11 bits per heavy atom. The third kappa shape index (κ3) is 4.41. The second-order valence-electron chi connectivity index (χ2n) is 5.70. The molecule has 0 saturated carbocycles. The van der Waals surface area contributed by atoms with E-state index in [2.05, 4.69) is 29.5 Å². The Balaban J connectivity index is 2.43. The van der Waals surface area contributed by atoms with Gasteiger partial charge in [-0.2, -0.15) is 0 Å². The normalized spacial score (nSPS) is 19.5. The second-order valence-corrected chi connectivity index (χ2v) is 6.92. The lowest BCUT2D eigenvalue weighted by atomic mass is 9.92. The molecule has 1 heterocycles. The Kier molecular flexibility index (Phi) is 6.17. The van der Waals surface area contributed by atoms with E-state index in [1.54, 1.807) is 7.05 Å². The largest absolute Gasteiger partial charge is 0.364 e. The maximum absolute atomic E-state index is 11.7. The van der Waals surface area contributed by atoms with Gasteiger partial charge in [-0.15, -0.1) is 0 Å². The van der Waals surface area contributed by atoms with Crippen molar-refractivity contribution >= 4 is 22.8 Å². The summed E-state index contributed by atoms with van der Waals surface area (Å²) in [6.07, 6.45) is 2.42. The molecule has 1 amide bonds. The predicted molar refractivity (Wildman–Crippen MR) is 83.6 cm³/mol. The van der Waals surface area contributed by atoms with Crippen molar-refractivity contribution < 1.29 is 4.79 Å². The second kappa shape index (κ2) is 7.17. The number of hydrogen-bond donors (Lipinski definition) is 2. The van der Waals surface area contributed by atoms with Crippen LogP contribution >= 0.6 is 11.8 Å². The van der Waals surface area contributed by atoms with Gasteiger partial charge in [-0.05, 0) is 19.8 Å². The molecule has 2 N–H and O–H groups in total. The maximum atomic E-state index is 11.7. The van der Waals surface area contributed by atoms with E-state index in [-0.39, 0.29) is 5.91 Å². The minimum atomic E-state index is -0.412. The lowest BCUT2D eigenvalue weighted by molar-refractivity contribution is -0.128. The summed E-state index contributed by atoms with van der Waals surface area (Å²) in [5.41, 5.74) is -0.412. The molecule has 110 valence electrons. The summed E-state index contributed by atoms with van der Waals surface area (Å²) in [5, 5.41) is 7.61. The third-order valence-electron chi connectivity index (χ3n) is 3.78. The number of thioether (sulfide) groups is 1. The number of carbonyl (C=O) groups is 1. The minimum absolute atomic E-state index is 0.0557. The van der Waals surface area contributed by atoms with Gasteiger partial charge in [0.15, 0.2) is 5.17 Å². The number of amides is 1. The fraction of sp³-hybridized carbons (Fsp3) is 0.857. The van der Waals surface area contributed by atoms with Gasteiger partial charge >= 0.3 is 0 Å². The van der Waals surface area contributed by atoms with Gasteiger partial charge in [0.05, 0.1) is 12.0 Å². The van der Waals surface area contributed by atoms with Crippen LogP contribution in [0.3, 0.4) is 0 Å². The molecule has 4 nitrogen and oxygen atoms in total. The lowest BCUT2D eigenvalue weighted by Crippen LogP contribution is -2.43. The molecule has 0 saturated heterocycles. The van der Waals surface area contributed by atoms with Gasteiger partial charge in [-0.1, -0.05) is 38.5 Å². The first kappa shape index (κ1) is 16.3. The Morgan fingerprint density at radius 1 is 1.47 bits per heavy atom. The molecule has 5 heteroatoms. The summed E-state index contributed by atoms with van der Waals surface area (Å²) in [5.74, 6) is 0.792. The molecule has 1 atom stereocenters. The van der Waals surface area contributed by atoms with Gasteiger partial charge in [-0.25, -0.2) is 0 Å². The van der Waals surface area contributed by atoms with E-state index < -0.39 is 5.41 Å². The van der Waals surface area contributed by atoms with Crippen LogP contribution in [-0.2, 0) is 4.79 Å². The highest BCUT2D eigenvalue weighted by atomic mass is 32.2. The summed E-state index contributed by atoms with van der Waals surface area (Å²) in [6.45, 7) is 9.90. The van der Waals surface area contributed by atoms with Crippen LogP contribution in [0, 0.1) is 11.3 Å². The van der Waals surface area contributed by atoms with Crippen LogP contribution < -0.4 is 10.6 Å². The average Bonchev–Trinajstić information content (AvgIpc) is 2.86. The maximum Gasteiger partial charge on any atom is 0.227 e. The number of nitrogens with one attached hydrogen (secondary N) is 2. The number of amidine groups is 1. The lowest BCUT2D eigenvalue weighted by Gasteiger charge is -2.23. The molecule has 1 rings (SSSR count). The number of aliphatic imine (C=N–C) groups is 1. The summed E-state index contributed by atoms with van der Waals surface area (Å²) >= 11 is 1.84. The number of carbonyl (C=O) groups excluding carboxylic acids is 1. The number of nitrogens with zero attached hydrogens (tertiary/aromatic N) is 1. The zero-order chi connectivity index (χ0) is 14.5. The van der Waals surface area contributed by atoms with Crippen LogP contribution in [0.5, 0.6) is 0 Å². The highest BCUT2D eigenvalue weighted by Gasteiger charge is 2.29. The molecule has 1 unspecified atom stereocenters. The standard InChI is InChI=1S/C14H27N3OS/c1-6-10(7-2)11-8-16-13(19-11)17-9-14(3,4)12(18)15-5/h10-11H,6-9H2,1-5H3,(H,15,18)(H,16,17). The van der Waals surface area contributed by atoms with Gasteiger partial charge < -0.3 is 10.6 Å². The van der Waals surface area contributed by atoms with E-state index in [4.69, 9.17) is 0 Å². The van der Waals surface area contributed by atoms with Gasteiger partial charge in [0.2, 0.25) is 5.91 Å². The molecule has 0 fully saturated rings. The Labute approximate surface area is 121 Å². The van der Waals surface area contributed by atoms with Crippen molar-refractivity contribution in [2.45, 2.75) is 45.8 Å². The van der Waals surface area contributed by atoms with Crippen molar-refractivity contribution in [1.82, 2.24) is 10.6 Å². The summed E-state index contributed by atoms with van der Waals surface area (Å²) < 4.78 is 0. The van der Waals surface area contributed by atoms with Gasteiger partial charge in [-0.3, -0.25) is 9.79 Å². The third-order valence-corrected chi connectivity index (χ3v) is 5.11. The quantitative estimate of drug-likeness (QED) is 0.787. The molecule has 19 heavy (non-hydrogen) atoms. The average molecular weight is 285 g/mol. The topological polar surface area (TPSA) is 53.5 Å². The van der Waals surface area contributed by atoms with Crippen LogP contribution in [-0.4, -0.2) is 36.5 Å². The first-order chi connectivity index (χ1) is 8.94. The van der Waals surface area contributed by atoms with Crippen molar-refractivity contribution in [2.24, 2.45) is 16.3 Å². The Bertz CT molecular complexity index is 338. The van der Waals surface area contributed by atoms with E-state index in [0.29, 0.717) is 11.8 Å². The zero-order valence-corrected chi connectivity index (χ0v) is 13.6. The van der Waals surface area contributed by atoms with Crippen molar-refractivity contribution in [3.63, 3.8) is 0 Å². The minimum Gasteiger partial charge on any atom is -0.364 e. The van der Waals surface area contributed by atoms with Crippen LogP contribution in [0.1, 0.15) is 40.5 Å². The molecule has 1 aliphatic rings. The smallest absolute Gasteiger partial charge is 0.227 e. The molecule has 0 aliphatic carbocycles. The molecule has 0 aromatic rings. The molecule has 0 aromatic heterocycles. The first-order valence-corrected chi connectivity index (χ1v) is 7.99. The van der Waals surface area contributed by atoms with E-state index in [1.807, 2.05) is 25.6 Å². The predicted octanol–water partition coefficient (Wildman–Crippen LogP) is 2.26. The highest BCUT2D eigenvalue weighted by Crippen LogP contribution is 2.30.